The van der Waals surface area contributed by atoms with E-state index in [0.29, 0.717) is 24.3 Å². The zero-order valence-electron chi connectivity index (χ0n) is 11.5. The van der Waals surface area contributed by atoms with Crippen LogP contribution in [0.5, 0.6) is 0 Å². The average molecular weight is 293 g/mol. The molecule has 0 spiro atoms. The summed E-state index contributed by atoms with van der Waals surface area (Å²) in [5.41, 5.74) is 0.972. The van der Waals surface area contributed by atoms with E-state index in [9.17, 15) is 4.79 Å². The molecule has 20 heavy (non-hydrogen) atoms. The first-order valence-corrected chi connectivity index (χ1v) is 7.21. The molecule has 1 aromatic rings. The minimum atomic E-state index is -0.288. The van der Waals surface area contributed by atoms with E-state index in [-0.39, 0.29) is 12.5 Å². The monoisotopic (exact) mass is 293 g/mol. The van der Waals surface area contributed by atoms with Crippen molar-refractivity contribution in [1.29, 1.82) is 0 Å². The molecular weight excluding hydrogens is 274 g/mol. The smallest absolute Gasteiger partial charge is 0.325 e. The zero-order valence-corrected chi connectivity index (χ0v) is 12.4. The molecule has 1 aliphatic carbocycles. The Kier molecular flexibility index (Phi) is 5.29. The number of nitrogens with zero attached hydrogens (tertiary/aromatic N) is 2. The maximum atomic E-state index is 11.3. The number of rotatable bonds is 6. The molecule has 6 heteroatoms. The number of hydrogen-bond donors (Lipinski definition) is 1. The number of hydrogen-bond acceptors (Lipinski definition) is 4. The summed E-state index contributed by atoms with van der Waals surface area (Å²) >= 11 is 5.37. The van der Waals surface area contributed by atoms with Crippen LogP contribution >= 0.6 is 12.2 Å². The highest BCUT2D eigenvalue weighted by Crippen LogP contribution is 2.28. The number of ether oxygens (including phenoxy) is 1. The van der Waals surface area contributed by atoms with Crippen LogP contribution < -0.4 is 5.32 Å². The SMILES string of the molecule is CCOC(=O)CNC(=S)N(Cc1ccccn1)C1CC1. The van der Waals surface area contributed by atoms with Gasteiger partial charge in [0.05, 0.1) is 18.8 Å². The lowest BCUT2D eigenvalue weighted by molar-refractivity contribution is -0.141. The Morgan fingerprint density at radius 2 is 2.35 bits per heavy atom. The Bertz CT molecular complexity index is 463. The minimum Gasteiger partial charge on any atom is -0.465 e. The van der Waals surface area contributed by atoms with Crippen molar-refractivity contribution >= 4 is 23.3 Å². The number of pyridine rings is 1. The van der Waals surface area contributed by atoms with Gasteiger partial charge in [0.1, 0.15) is 6.54 Å². The van der Waals surface area contributed by atoms with Gasteiger partial charge in [-0.3, -0.25) is 9.78 Å². The third kappa shape index (κ3) is 4.45. The Hall–Kier alpha value is -1.69. The molecule has 108 valence electrons. The number of carbonyl (C=O) groups is 1. The topological polar surface area (TPSA) is 54.5 Å². The molecule has 0 bridgehead atoms. The lowest BCUT2D eigenvalue weighted by Crippen LogP contribution is -2.43. The summed E-state index contributed by atoms with van der Waals surface area (Å²) in [6, 6.07) is 6.29. The predicted molar refractivity (Wildman–Crippen MR) is 80.0 cm³/mol. The van der Waals surface area contributed by atoms with Crippen molar-refractivity contribution in [1.82, 2.24) is 15.2 Å². The van der Waals surface area contributed by atoms with Gasteiger partial charge in [-0.05, 0) is 44.1 Å². The van der Waals surface area contributed by atoms with Crippen LogP contribution in [0.15, 0.2) is 24.4 Å². The number of aromatic nitrogens is 1. The molecule has 0 radical (unpaired) electrons. The molecule has 0 atom stereocenters. The van der Waals surface area contributed by atoms with E-state index in [1.54, 1.807) is 13.1 Å². The third-order valence-corrected chi connectivity index (χ3v) is 3.38. The van der Waals surface area contributed by atoms with Crippen molar-refractivity contribution in [2.75, 3.05) is 13.2 Å². The van der Waals surface area contributed by atoms with Gasteiger partial charge in [0.15, 0.2) is 5.11 Å². The van der Waals surface area contributed by atoms with E-state index in [1.807, 2.05) is 18.2 Å². The summed E-state index contributed by atoms with van der Waals surface area (Å²) < 4.78 is 4.87. The molecular formula is C14H19N3O2S. The molecule has 1 fully saturated rings. The highest BCUT2D eigenvalue weighted by molar-refractivity contribution is 7.80. The molecule has 0 unspecified atom stereocenters. The van der Waals surface area contributed by atoms with Gasteiger partial charge in [-0.15, -0.1) is 0 Å². The van der Waals surface area contributed by atoms with Crippen LogP contribution in [-0.4, -0.2) is 40.2 Å². The van der Waals surface area contributed by atoms with Crippen LogP contribution in [0.4, 0.5) is 0 Å². The summed E-state index contributed by atoms with van der Waals surface area (Å²) in [7, 11) is 0. The molecule has 0 saturated heterocycles. The van der Waals surface area contributed by atoms with Crippen LogP contribution in [0.3, 0.4) is 0 Å². The van der Waals surface area contributed by atoms with Crippen LogP contribution in [0.1, 0.15) is 25.5 Å². The van der Waals surface area contributed by atoms with Gasteiger partial charge in [-0.25, -0.2) is 0 Å². The highest BCUT2D eigenvalue weighted by Gasteiger charge is 2.31. The molecule has 1 N–H and O–H groups in total. The summed E-state index contributed by atoms with van der Waals surface area (Å²) in [6.07, 6.45) is 4.04. The maximum Gasteiger partial charge on any atom is 0.325 e. The summed E-state index contributed by atoms with van der Waals surface area (Å²) in [6.45, 7) is 2.94. The Morgan fingerprint density at radius 3 is 2.95 bits per heavy atom. The van der Waals surface area contributed by atoms with Crippen LogP contribution in [-0.2, 0) is 16.1 Å². The first-order valence-electron chi connectivity index (χ1n) is 6.80. The average Bonchev–Trinajstić information content (AvgIpc) is 3.28. The fraction of sp³-hybridized carbons (Fsp3) is 0.500. The quantitative estimate of drug-likeness (QED) is 0.633. The van der Waals surface area contributed by atoms with E-state index < -0.39 is 0 Å². The number of nitrogens with one attached hydrogen (secondary N) is 1. The van der Waals surface area contributed by atoms with Gasteiger partial charge in [0, 0.05) is 12.2 Å². The lowest BCUT2D eigenvalue weighted by Gasteiger charge is -2.25. The molecule has 5 nitrogen and oxygen atoms in total. The van der Waals surface area contributed by atoms with Gasteiger partial charge in [-0.1, -0.05) is 6.07 Å². The zero-order chi connectivity index (χ0) is 14.4. The van der Waals surface area contributed by atoms with E-state index in [2.05, 4.69) is 15.2 Å². The van der Waals surface area contributed by atoms with Crippen molar-refractivity contribution in [2.24, 2.45) is 0 Å². The van der Waals surface area contributed by atoms with E-state index >= 15 is 0 Å². The minimum absolute atomic E-state index is 0.109. The van der Waals surface area contributed by atoms with Crippen LogP contribution in [0.25, 0.3) is 0 Å². The lowest BCUT2D eigenvalue weighted by atomic mass is 10.3. The van der Waals surface area contributed by atoms with Gasteiger partial charge in [0.2, 0.25) is 0 Å². The summed E-state index contributed by atoms with van der Waals surface area (Å²) in [5, 5.41) is 3.55. The Morgan fingerprint density at radius 1 is 1.55 bits per heavy atom. The van der Waals surface area contributed by atoms with E-state index in [0.717, 1.165) is 18.5 Å². The van der Waals surface area contributed by atoms with Crippen molar-refractivity contribution in [3.63, 3.8) is 0 Å². The number of carbonyl (C=O) groups excluding carboxylic acids is 1. The fourth-order valence-corrected chi connectivity index (χ4v) is 2.17. The fourth-order valence-electron chi connectivity index (χ4n) is 1.88. The summed E-state index contributed by atoms with van der Waals surface area (Å²) in [4.78, 5) is 17.7. The van der Waals surface area contributed by atoms with Gasteiger partial charge < -0.3 is 15.0 Å². The molecule has 1 aromatic heterocycles. The van der Waals surface area contributed by atoms with E-state index in [4.69, 9.17) is 17.0 Å². The normalized spacial score (nSPS) is 13.7. The van der Waals surface area contributed by atoms with Crippen molar-refractivity contribution in [3.8, 4) is 0 Å². The van der Waals surface area contributed by atoms with Gasteiger partial charge >= 0.3 is 5.97 Å². The second-order valence-electron chi connectivity index (χ2n) is 4.64. The molecule has 1 heterocycles. The van der Waals surface area contributed by atoms with Gasteiger partial charge in [0.25, 0.3) is 0 Å². The van der Waals surface area contributed by atoms with Gasteiger partial charge in [-0.2, -0.15) is 0 Å². The maximum absolute atomic E-state index is 11.3. The highest BCUT2D eigenvalue weighted by atomic mass is 32.1. The summed E-state index contributed by atoms with van der Waals surface area (Å²) in [5.74, 6) is -0.288. The predicted octanol–water partition coefficient (Wildman–Crippen LogP) is 1.48. The Labute approximate surface area is 124 Å². The first-order chi connectivity index (χ1) is 9.70. The Balaban J connectivity index is 1.88. The molecule has 0 aliphatic heterocycles. The number of thiocarbonyl (C=S) groups is 1. The van der Waals surface area contributed by atoms with Crippen molar-refractivity contribution in [2.45, 2.75) is 32.4 Å². The second kappa shape index (κ2) is 7.19. The van der Waals surface area contributed by atoms with E-state index in [1.165, 1.54) is 0 Å². The second-order valence-corrected chi connectivity index (χ2v) is 5.03. The molecule has 1 saturated carbocycles. The van der Waals surface area contributed by atoms with Crippen LogP contribution in [0, 0.1) is 0 Å². The third-order valence-electron chi connectivity index (χ3n) is 3.00. The largest absolute Gasteiger partial charge is 0.465 e. The van der Waals surface area contributed by atoms with Crippen LogP contribution in [0.2, 0.25) is 0 Å². The molecule has 2 rings (SSSR count). The standard InChI is InChI=1S/C14H19N3O2S/c1-2-19-13(18)9-16-14(20)17(12-6-7-12)10-11-5-3-4-8-15-11/h3-5,8,12H,2,6-7,9-10H2,1H3,(H,16,20). The first kappa shape index (κ1) is 14.7. The number of esters is 1. The van der Waals surface area contributed by atoms with Crippen molar-refractivity contribution in [3.05, 3.63) is 30.1 Å². The van der Waals surface area contributed by atoms with Crippen molar-refractivity contribution < 1.29 is 9.53 Å². The molecule has 1 aliphatic rings. The molecule has 0 amide bonds. The molecule has 0 aromatic carbocycles.